The van der Waals surface area contributed by atoms with Crippen molar-refractivity contribution < 1.29 is 9.90 Å². The van der Waals surface area contributed by atoms with Gasteiger partial charge in [0.05, 0.1) is 11.1 Å². The molecule has 0 aliphatic rings. The lowest BCUT2D eigenvalue weighted by atomic mass is 10.2. The van der Waals surface area contributed by atoms with E-state index in [1.165, 1.54) is 6.07 Å². The number of pyridine rings is 1. The summed E-state index contributed by atoms with van der Waals surface area (Å²) in [7, 11) is 0. The number of aromatic hydroxyl groups is 1. The predicted octanol–water partition coefficient (Wildman–Crippen LogP) is 3.19. The number of para-hydroxylation sites is 2. The van der Waals surface area contributed by atoms with Crippen molar-refractivity contribution in [2.24, 2.45) is 0 Å². The summed E-state index contributed by atoms with van der Waals surface area (Å²) in [6, 6.07) is 17.7. The molecule has 0 saturated heterocycles. The molecule has 0 radical (unpaired) electrons. The van der Waals surface area contributed by atoms with Crippen LogP contribution in [0.1, 0.15) is 10.4 Å². The first kappa shape index (κ1) is 12.2. The molecular formula is C16H12N2O2. The Labute approximate surface area is 115 Å². The van der Waals surface area contributed by atoms with E-state index >= 15 is 0 Å². The molecule has 0 spiro atoms. The maximum Gasteiger partial charge on any atom is 0.260 e. The molecule has 3 aromatic rings. The predicted molar refractivity (Wildman–Crippen MR) is 77.8 cm³/mol. The fraction of sp³-hybridized carbons (Fsp3) is 0. The van der Waals surface area contributed by atoms with Crippen LogP contribution in [-0.2, 0) is 0 Å². The van der Waals surface area contributed by atoms with Gasteiger partial charge in [0.1, 0.15) is 11.6 Å². The lowest BCUT2D eigenvalue weighted by Gasteiger charge is -2.06. The van der Waals surface area contributed by atoms with Gasteiger partial charge in [-0.3, -0.25) is 4.79 Å². The van der Waals surface area contributed by atoms with Crippen LogP contribution in [0, 0.1) is 0 Å². The maximum atomic E-state index is 12.1. The molecule has 20 heavy (non-hydrogen) atoms. The molecule has 0 aliphatic heterocycles. The molecule has 0 atom stereocenters. The van der Waals surface area contributed by atoms with Crippen molar-refractivity contribution in [3.05, 3.63) is 66.2 Å². The van der Waals surface area contributed by atoms with E-state index in [4.69, 9.17) is 0 Å². The van der Waals surface area contributed by atoms with Crippen LogP contribution in [0.15, 0.2) is 60.7 Å². The highest BCUT2D eigenvalue weighted by atomic mass is 16.3. The normalized spacial score (nSPS) is 10.4. The van der Waals surface area contributed by atoms with Gasteiger partial charge in [0, 0.05) is 5.39 Å². The minimum atomic E-state index is -0.383. The van der Waals surface area contributed by atoms with Crippen LogP contribution in [0.5, 0.6) is 5.75 Å². The number of nitrogens with zero attached hydrogens (tertiary/aromatic N) is 1. The SMILES string of the molecule is O=C(Nc1ccc2ccccc2n1)c1ccccc1O. The second-order valence-electron chi connectivity index (χ2n) is 4.36. The van der Waals surface area contributed by atoms with E-state index in [-0.39, 0.29) is 17.2 Å². The van der Waals surface area contributed by atoms with Gasteiger partial charge >= 0.3 is 0 Å². The van der Waals surface area contributed by atoms with Gasteiger partial charge in [-0.1, -0.05) is 30.3 Å². The van der Waals surface area contributed by atoms with Crippen LogP contribution in [-0.4, -0.2) is 16.0 Å². The molecule has 0 fully saturated rings. The lowest BCUT2D eigenvalue weighted by molar-refractivity contribution is 0.102. The van der Waals surface area contributed by atoms with E-state index < -0.39 is 0 Å². The Morgan fingerprint density at radius 3 is 2.55 bits per heavy atom. The number of phenolic OH excluding ortho intramolecular Hbond substituents is 1. The minimum Gasteiger partial charge on any atom is -0.507 e. The van der Waals surface area contributed by atoms with Crippen molar-refractivity contribution in [2.45, 2.75) is 0 Å². The molecule has 3 rings (SSSR count). The minimum absolute atomic E-state index is 0.0502. The zero-order chi connectivity index (χ0) is 13.9. The standard InChI is InChI=1S/C16H12N2O2/c19-14-8-4-2-6-12(14)16(20)18-15-10-9-11-5-1-3-7-13(11)17-15/h1-10,19H,(H,17,18,20). The van der Waals surface area contributed by atoms with Crippen LogP contribution >= 0.6 is 0 Å². The fourth-order valence-corrected chi connectivity index (χ4v) is 1.98. The van der Waals surface area contributed by atoms with Gasteiger partial charge < -0.3 is 10.4 Å². The Bertz CT molecular complexity index is 784. The molecule has 1 amide bonds. The average Bonchev–Trinajstić information content (AvgIpc) is 2.47. The number of carbonyl (C=O) groups excluding carboxylic acids is 1. The fourth-order valence-electron chi connectivity index (χ4n) is 1.98. The van der Waals surface area contributed by atoms with Gasteiger partial charge in [0.2, 0.25) is 0 Å². The summed E-state index contributed by atoms with van der Waals surface area (Å²) in [5, 5.41) is 13.3. The summed E-state index contributed by atoms with van der Waals surface area (Å²) in [5.41, 5.74) is 1.03. The van der Waals surface area contributed by atoms with Gasteiger partial charge in [-0.25, -0.2) is 4.98 Å². The van der Waals surface area contributed by atoms with Gasteiger partial charge in [-0.05, 0) is 30.3 Å². The van der Waals surface area contributed by atoms with Gasteiger partial charge in [0.15, 0.2) is 0 Å². The Balaban J connectivity index is 1.89. The van der Waals surface area contributed by atoms with E-state index in [9.17, 15) is 9.90 Å². The topological polar surface area (TPSA) is 62.2 Å². The molecule has 4 heteroatoms. The quantitative estimate of drug-likeness (QED) is 0.747. The number of carbonyl (C=O) groups is 1. The first-order valence-electron chi connectivity index (χ1n) is 6.19. The molecular weight excluding hydrogens is 252 g/mol. The number of anilines is 1. The molecule has 4 nitrogen and oxygen atoms in total. The summed E-state index contributed by atoms with van der Waals surface area (Å²) >= 11 is 0. The Morgan fingerprint density at radius 1 is 0.950 bits per heavy atom. The Morgan fingerprint density at radius 2 is 1.70 bits per heavy atom. The molecule has 2 aromatic carbocycles. The van der Waals surface area contributed by atoms with Crippen LogP contribution in [0.4, 0.5) is 5.82 Å². The summed E-state index contributed by atoms with van der Waals surface area (Å²) in [5.74, 6) is 0.0219. The first-order chi connectivity index (χ1) is 9.74. The van der Waals surface area contributed by atoms with Crippen molar-refractivity contribution in [1.29, 1.82) is 0 Å². The highest BCUT2D eigenvalue weighted by Gasteiger charge is 2.11. The zero-order valence-electron chi connectivity index (χ0n) is 10.6. The molecule has 0 unspecified atom stereocenters. The van der Waals surface area contributed by atoms with Gasteiger partial charge in [-0.2, -0.15) is 0 Å². The third kappa shape index (κ3) is 2.31. The van der Waals surface area contributed by atoms with E-state index in [1.54, 1.807) is 24.3 Å². The number of hydrogen-bond donors (Lipinski definition) is 2. The number of aromatic nitrogens is 1. The summed E-state index contributed by atoms with van der Waals surface area (Å²) in [6.07, 6.45) is 0. The number of hydrogen-bond acceptors (Lipinski definition) is 3. The third-order valence-electron chi connectivity index (χ3n) is 2.99. The van der Waals surface area contributed by atoms with Crippen LogP contribution < -0.4 is 5.32 Å². The zero-order valence-corrected chi connectivity index (χ0v) is 10.6. The van der Waals surface area contributed by atoms with E-state index in [0.717, 1.165) is 10.9 Å². The Hall–Kier alpha value is -2.88. The van der Waals surface area contributed by atoms with Crippen LogP contribution in [0.3, 0.4) is 0 Å². The van der Waals surface area contributed by atoms with Crippen molar-refractivity contribution in [2.75, 3.05) is 5.32 Å². The molecule has 98 valence electrons. The number of benzene rings is 2. The Kier molecular flexibility index (Phi) is 3.05. The van der Waals surface area contributed by atoms with Crippen LogP contribution in [0.2, 0.25) is 0 Å². The number of nitrogens with one attached hydrogen (secondary N) is 1. The van der Waals surface area contributed by atoms with Crippen LogP contribution in [0.25, 0.3) is 10.9 Å². The third-order valence-corrected chi connectivity index (χ3v) is 2.99. The van der Waals surface area contributed by atoms with Crippen molar-refractivity contribution in [3.63, 3.8) is 0 Å². The van der Waals surface area contributed by atoms with Crippen molar-refractivity contribution in [3.8, 4) is 5.75 Å². The van der Waals surface area contributed by atoms with E-state index in [2.05, 4.69) is 10.3 Å². The molecule has 1 heterocycles. The molecule has 2 N–H and O–H groups in total. The monoisotopic (exact) mass is 264 g/mol. The molecule has 0 aliphatic carbocycles. The highest BCUT2D eigenvalue weighted by Crippen LogP contribution is 2.18. The van der Waals surface area contributed by atoms with Crippen molar-refractivity contribution in [1.82, 2.24) is 4.98 Å². The number of amides is 1. The largest absolute Gasteiger partial charge is 0.507 e. The molecule has 0 saturated carbocycles. The van der Waals surface area contributed by atoms with E-state index in [0.29, 0.717) is 5.82 Å². The lowest BCUT2D eigenvalue weighted by Crippen LogP contribution is -2.13. The second kappa shape index (κ2) is 5.01. The van der Waals surface area contributed by atoms with Crippen molar-refractivity contribution >= 4 is 22.6 Å². The van der Waals surface area contributed by atoms with Gasteiger partial charge in [-0.15, -0.1) is 0 Å². The number of phenols is 1. The number of fused-ring (bicyclic) bond motifs is 1. The maximum absolute atomic E-state index is 12.1. The molecule has 0 bridgehead atoms. The number of rotatable bonds is 2. The second-order valence-corrected chi connectivity index (χ2v) is 4.36. The smallest absolute Gasteiger partial charge is 0.260 e. The van der Waals surface area contributed by atoms with E-state index in [1.807, 2.05) is 30.3 Å². The average molecular weight is 264 g/mol. The summed E-state index contributed by atoms with van der Waals surface area (Å²) in [6.45, 7) is 0. The highest BCUT2D eigenvalue weighted by molar-refractivity contribution is 6.06. The molecule has 1 aromatic heterocycles. The summed E-state index contributed by atoms with van der Waals surface area (Å²) < 4.78 is 0. The first-order valence-corrected chi connectivity index (χ1v) is 6.19. The summed E-state index contributed by atoms with van der Waals surface area (Å²) in [4.78, 5) is 16.4. The van der Waals surface area contributed by atoms with Gasteiger partial charge in [0.25, 0.3) is 5.91 Å².